The normalized spacial score (nSPS) is 16.9. The Morgan fingerprint density at radius 3 is 2.25 bits per heavy atom. The lowest BCUT2D eigenvalue weighted by atomic mass is 9.90. The van der Waals surface area contributed by atoms with Crippen LogP contribution in [-0.2, 0) is 22.4 Å². The number of carboxylic acid groups (broad SMARTS) is 2. The van der Waals surface area contributed by atoms with Crippen LogP contribution in [0.4, 0.5) is 5.69 Å². The maximum absolute atomic E-state index is 9.55. The third-order valence-electron chi connectivity index (χ3n) is 4.20. The molecule has 6 nitrogen and oxygen atoms in total. The van der Waals surface area contributed by atoms with Gasteiger partial charge in [0.05, 0.1) is 0 Å². The van der Waals surface area contributed by atoms with Crippen molar-refractivity contribution in [1.29, 1.82) is 0 Å². The van der Waals surface area contributed by atoms with Gasteiger partial charge in [-0.05, 0) is 42.9 Å². The molecule has 1 aromatic carbocycles. The summed E-state index contributed by atoms with van der Waals surface area (Å²) >= 11 is 0. The van der Waals surface area contributed by atoms with Gasteiger partial charge in [0.25, 0.3) is 0 Å². The van der Waals surface area contributed by atoms with Gasteiger partial charge in [-0.3, -0.25) is 0 Å². The van der Waals surface area contributed by atoms with E-state index >= 15 is 0 Å². The zero-order valence-electron chi connectivity index (χ0n) is 13.7. The van der Waals surface area contributed by atoms with Crippen LogP contribution in [0.3, 0.4) is 0 Å². The number of rotatable bonds is 3. The van der Waals surface area contributed by atoms with Gasteiger partial charge in [-0.25, -0.2) is 9.59 Å². The average molecular weight is 332 g/mol. The van der Waals surface area contributed by atoms with Gasteiger partial charge in [-0.1, -0.05) is 12.1 Å². The molecule has 1 aliphatic heterocycles. The molecule has 130 valence electrons. The number of carboxylic acids is 2. The first-order valence-electron chi connectivity index (χ1n) is 8.28. The van der Waals surface area contributed by atoms with Crippen LogP contribution in [0.25, 0.3) is 0 Å². The van der Waals surface area contributed by atoms with Gasteiger partial charge in [0, 0.05) is 44.0 Å². The van der Waals surface area contributed by atoms with Crippen LogP contribution in [0.5, 0.6) is 0 Å². The van der Waals surface area contributed by atoms with E-state index in [1.54, 1.807) is 11.1 Å². The van der Waals surface area contributed by atoms with E-state index in [1.807, 2.05) is 0 Å². The van der Waals surface area contributed by atoms with Gasteiger partial charge in [-0.2, -0.15) is 0 Å². The first kappa shape index (κ1) is 18.0. The lowest BCUT2D eigenvalue weighted by molar-refractivity contribution is -0.134. The molecule has 0 unspecified atom stereocenters. The minimum atomic E-state index is -1.26. The van der Waals surface area contributed by atoms with Crippen LogP contribution in [-0.4, -0.2) is 48.3 Å². The molecule has 0 aromatic heterocycles. The zero-order chi connectivity index (χ0) is 17.4. The maximum Gasteiger partial charge on any atom is 0.328 e. The fraction of sp³-hybridized carbons (Fsp3) is 0.444. The van der Waals surface area contributed by atoms with E-state index in [0.29, 0.717) is 12.2 Å². The second kappa shape index (κ2) is 9.08. The minimum absolute atomic E-state index is 0.558. The van der Waals surface area contributed by atoms with Gasteiger partial charge in [0.1, 0.15) is 0 Å². The van der Waals surface area contributed by atoms with Crippen LogP contribution in [0.15, 0.2) is 30.4 Å². The predicted octanol–water partition coefficient (Wildman–Crippen LogP) is 1.69. The quantitative estimate of drug-likeness (QED) is 0.730. The third kappa shape index (κ3) is 5.38. The van der Waals surface area contributed by atoms with Crippen molar-refractivity contribution in [1.82, 2.24) is 5.32 Å². The number of fused-ring (bicyclic) bond motifs is 1. The summed E-state index contributed by atoms with van der Waals surface area (Å²) in [5.74, 6) is -2.51. The molecule has 3 rings (SSSR count). The highest BCUT2D eigenvalue weighted by molar-refractivity contribution is 5.89. The summed E-state index contributed by atoms with van der Waals surface area (Å²) in [6.07, 6.45) is 6.43. The molecule has 1 heterocycles. The molecule has 0 amide bonds. The molecule has 1 aliphatic carbocycles. The summed E-state index contributed by atoms with van der Waals surface area (Å²) < 4.78 is 0. The molecule has 3 N–H and O–H groups in total. The van der Waals surface area contributed by atoms with Gasteiger partial charge < -0.3 is 20.4 Å². The summed E-state index contributed by atoms with van der Waals surface area (Å²) in [5.41, 5.74) is 4.75. The first-order valence-corrected chi connectivity index (χ1v) is 8.28. The van der Waals surface area contributed by atoms with E-state index in [4.69, 9.17) is 10.2 Å². The molecular formula is C18H24N2O4. The van der Waals surface area contributed by atoms with E-state index in [1.165, 1.54) is 31.4 Å². The van der Waals surface area contributed by atoms with E-state index in [0.717, 1.165) is 26.2 Å². The molecule has 0 atom stereocenters. The van der Waals surface area contributed by atoms with Gasteiger partial charge in [0.2, 0.25) is 0 Å². The standard InChI is InChI=1S/C14H20N2.C4H4O4/c1-2-6-13-12(4-1)5-3-7-14(13)16-10-8-15-9-11-16;5-3(6)1-2-4(7)8/h3,5,7,15H,1-2,4,6,8-11H2;1-2H,(H,5,6)(H,7,8)/b;2-1+. The van der Waals surface area contributed by atoms with Crippen LogP contribution >= 0.6 is 0 Å². The van der Waals surface area contributed by atoms with E-state index < -0.39 is 11.9 Å². The third-order valence-corrected chi connectivity index (χ3v) is 4.20. The Hall–Kier alpha value is -2.34. The molecule has 0 radical (unpaired) electrons. The van der Waals surface area contributed by atoms with Crippen molar-refractivity contribution in [3.05, 3.63) is 41.5 Å². The van der Waals surface area contributed by atoms with Crippen molar-refractivity contribution in [2.75, 3.05) is 31.1 Å². The zero-order valence-corrected chi connectivity index (χ0v) is 13.7. The van der Waals surface area contributed by atoms with Crippen molar-refractivity contribution >= 4 is 17.6 Å². The summed E-state index contributed by atoms with van der Waals surface area (Å²) in [6.45, 7) is 4.58. The number of nitrogens with one attached hydrogen (secondary N) is 1. The van der Waals surface area contributed by atoms with Crippen LogP contribution in [0, 0.1) is 0 Å². The number of hydrogen-bond acceptors (Lipinski definition) is 4. The minimum Gasteiger partial charge on any atom is -0.478 e. The van der Waals surface area contributed by atoms with Crippen LogP contribution in [0.2, 0.25) is 0 Å². The van der Waals surface area contributed by atoms with Crippen molar-refractivity contribution in [2.24, 2.45) is 0 Å². The number of hydrogen-bond donors (Lipinski definition) is 3. The van der Waals surface area contributed by atoms with Crippen molar-refractivity contribution < 1.29 is 19.8 Å². The van der Waals surface area contributed by atoms with Gasteiger partial charge >= 0.3 is 11.9 Å². The maximum atomic E-state index is 9.55. The molecule has 1 fully saturated rings. The topological polar surface area (TPSA) is 89.9 Å². The molecule has 0 spiro atoms. The molecule has 24 heavy (non-hydrogen) atoms. The van der Waals surface area contributed by atoms with Gasteiger partial charge in [-0.15, -0.1) is 0 Å². The Morgan fingerprint density at radius 1 is 1.00 bits per heavy atom. The molecule has 1 aromatic rings. The Bertz CT molecular complexity index is 591. The van der Waals surface area contributed by atoms with E-state index in [-0.39, 0.29) is 0 Å². The Balaban J connectivity index is 0.000000224. The van der Waals surface area contributed by atoms with Crippen LogP contribution in [0.1, 0.15) is 24.0 Å². The molecule has 0 saturated carbocycles. The Kier molecular flexibility index (Phi) is 6.81. The molecule has 0 bridgehead atoms. The largest absolute Gasteiger partial charge is 0.478 e. The Labute approximate surface area is 141 Å². The number of benzene rings is 1. The number of anilines is 1. The molecule has 1 saturated heterocycles. The molecule has 6 heteroatoms. The number of piperazine rings is 1. The average Bonchev–Trinajstić information content (AvgIpc) is 2.61. The van der Waals surface area contributed by atoms with E-state index in [9.17, 15) is 9.59 Å². The highest BCUT2D eigenvalue weighted by Crippen LogP contribution is 2.30. The van der Waals surface area contributed by atoms with Crippen LogP contribution < -0.4 is 10.2 Å². The first-order chi connectivity index (χ1) is 11.6. The predicted molar refractivity (Wildman–Crippen MR) is 92.6 cm³/mol. The monoisotopic (exact) mass is 332 g/mol. The van der Waals surface area contributed by atoms with Gasteiger partial charge in [0.15, 0.2) is 0 Å². The summed E-state index contributed by atoms with van der Waals surface area (Å²) in [4.78, 5) is 21.7. The highest BCUT2D eigenvalue weighted by atomic mass is 16.4. The van der Waals surface area contributed by atoms with Crippen molar-refractivity contribution in [3.8, 4) is 0 Å². The fourth-order valence-electron chi connectivity index (χ4n) is 3.11. The number of aryl methyl sites for hydroxylation is 1. The van der Waals surface area contributed by atoms with E-state index in [2.05, 4.69) is 28.4 Å². The summed E-state index contributed by atoms with van der Waals surface area (Å²) in [7, 11) is 0. The smallest absolute Gasteiger partial charge is 0.328 e. The number of aliphatic carboxylic acids is 2. The SMILES string of the molecule is O=C(O)/C=C/C(=O)O.c1cc2c(c(N3CCNCC3)c1)CCCC2. The highest BCUT2D eigenvalue weighted by Gasteiger charge is 2.18. The Morgan fingerprint density at radius 2 is 1.62 bits per heavy atom. The summed E-state index contributed by atoms with van der Waals surface area (Å²) in [6, 6.07) is 6.87. The second-order valence-corrected chi connectivity index (χ2v) is 5.87. The van der Waals surface area contributed by atoms with Crippen molar-refractivity contribution in [3.63, 3.8) is 0 Å². The summed E-state index contributed by atoms with van der Waals surface area (Å²) in [5, 5.41) is 19.0. The molecular weight excluding hydrogens is 308 g/mol. The van der Waals surface area contributed by atoms with Crippen molar-refractivity contribution in [2.45, 2.75) is 25.7 Å². The lowest BCUT2D eigenvalue weighted by Gasteiger charge is -2.33. The fourth-order valence-corrected chi connectivity index (χ4v) is 3.11. The number of nitrogens with zero attached hydrogens (tertiary/aromatic N) is 1. The number of carbonyl (C=O) groups is 2. The molecule has 2 aliphatic rings. The second-order valence-electron chi connectivity index (χ2n) is 5.87. The lowest BCUT2D eigenvalue weighted by Crippen LogP contribution is -2.44.